The highest BCUT2D eigenvalue weighted by atomic mass is 16.2. The van der Waals surface area contributed by atoms with Crippen molar-refractivity contribution in [1.82, 2.24) is 19.8 Å². The van der Waals surface area contributed by atoms with Crippen molar-refractivity contribution >= 4 is 18.1 Å². The molecule has 1 saturated heterocycles. The average molecular weight is 353 g/mol. The molecule has 0 aliphatic carbocycles. The Bertz CT molecular complexity index is 745. The summed E-state index contributed by atoms with van der Waals surface area (Å²) in [6.45, 7) is 5.83. The fourth-order valence-electron chi connectivity index (χ4n) is 2.99. The number of anilines is 1. The van der Waals surface area contributed by atoms with E-state index in [2.05, 4.69) is 14.9 Å². The van der Waals surface area contributed by atoms with E-state index in [1.54, 1.807) is 15.9 Å². The molecule has 2 heterocycles. The minimum atomic E-state index is -0.105. The van der Waals surface area contributed by atoms with Crippen molar-refractivity contribution in [3.8, 4) is 0 Å². The lowest BCUT2D eigenvalue weighted by molar-refractivity contribution is -0.118. The number of amides is 2. The van der Waals surface area contributed by atoms with Gasteiger partial charge in [0, 0.05) is 45.3 Å². The number of piperazine rings is 1. The molecule has 1 aliphatic rings. The second-order valence-electron chi connectivity index (χ2n) is 6.19. The SMILES string of the molecule is CCN(Cc1ccccc1)C(=O)c1cc(N2CCN(C=O)CC2)ncn1. The smallest absolute Gasteiger partial charge is 0.272 e. The quantitative estimate of drug-likeness (QED) is 0.735. The van der Waals surface area contributed by atoms with Crippen LogP contribution < -0.4 is 4.90 Å². The molecule has 0 bridgehead atoms. The maximum absolute atomic E-state index is 12.9. The van der Waals surface area contributed by atoms with Crippen LogP contribution in [0.15, 0.2) is 42.7 Å². The third kappa shape index (κ3) is 4.17. The molecule has 136 valence electrons. The molecule has 0 atom stereocenters. The van der Waals surface area contributed by atoms with Crippen LogP contribution in [-0.4, -0.2) is 64.8 Å². The molecule has 7 nitrogen and oxygen atoms in total. The molecule has 0 N–H and O–H groups in total. The van der Waals surface area contributed by atoms with Gasteiger partial charge in [0.2, 0.25) is 6.41 Å². The second-order valence-corrected chi connectivity index (χ2v) is 6.19. The van der Waals surface area contributed by atoms with Gasteiger partial charge in [-0.2, -0.15) is 0 Å². The lowest BCUT2D eigenvalue weighted by Crippen LogP contribution is -2.46. The van der Waals surface area contributed by atoms with E-state index in [9.17, 15) is 9.59 Å². The summed E-state index contributed by atoms with van der Waals surface area (Å²) in [5.41, 5.74) is 1.48. The largest absolute Gasteiger partial charge is 0.353 e. The van der Waals surface area contributed by atoms with Gasteiger partial charge in [0.05, 0.1) is 0 Å². The Morgan fingerprint density at radius 2 is 1.88 bits per heavy atom. The molecule has 1 aliphatic heterocycles. The number of nitrogens with zero attached hydrogens (tertiary/aromatic N) is 5. The zero-order valence-electron chi connectivity index (χ0n) is 14.9. The van der Waals surface area contributed by atoms with Crippen molar-refractivity contribution in [3.63, 3.8) is 0 Å². The molecule has 1 aromatic carbocycles. The number of rotatable bonds is 6. The van der Waals surface area contributed by atoms with Gasteiger partial charge in [-0.05, 0) is 12.5 Å². The van der Waals surface area contributed by atoms with Gasteiger partial charge in [-0.25, -0.2) is 9.97 Å². The van der Waals surface area contributed by atoms with Crippen molar-refractivity contribution in [1.29, 1.82) is 0 Å². The zero-order valence-corrected chi connectivity index (χ0v) is 14.9. The summed E-state index contributed by atoms with van der Waals surface area (Å²) in [7, 11) is 0. The van der Waals surface area contributed by atoms with E-state index in [4.69, 9.17) is 0 Å². The summed E-state index contributed by atoms with van der Waals surface area (Å²) in [4.78, 5) is 37.8. The van der Waals surface area contributed by atoms with Gasteiger partial charge in [-0.15, -0.1) is 0 Å². The summed E-state index contributed by atoms with van der Waals surface area (Å²) >= 11 is 0. The van der Waals surface area contributed by atoms with Crippen LogP contribution in [0.4, 0.5) is 5.82 Å². The van der Waals surface area contributed by atoms with E-state index in [0.717, 1.165) is 17.8 Å². The minimum absolute atomic E-state index is 0.105. The first-order valence-electron chi connectivity index (χ1n) is 8.80. The molecule has 0 radical (unpaired) electrons. The summed E-state index contributed by atoms with van der Waals surface area (Å²) < 4.78 is 0. The lowest BCUT2D eigenvalue weighted by atomic mass is 10.2. The van der Waals surface area contributed by atoms with Gasteiger partial charge >= 0.3 is 0 Å². The molecule has 0 unspecified atom stereocenters. The van der Waals surface area contributed by atoms with Crippen LogP contribution in [0.1, 0.15) is 23.0 Å². The standard InChI is InChI=1S/C19H23N5O2/c1-2-23(13-16-6-4-3-5-7-16)19(26)17-12-18(21-14-20-17)24-10-8-22(15-25)9-11-24/h3-7,12,14-15H,2,8-11,13H2,1H3. The number of carbonyl (C=O) groups excluding carboxylic acids is 2. The summed E-state index contributed by atoms with van der Waals surface area (Å²) in [5.74, 6) is 0.621. The number of carbonyl (C=O) groups is 2. The third-order valence-electron chi connectivity index (χ3n) is 4.54. The van der Waals surface area contributed by atoms with E-state index in [-0.39, 0.29) is 5.91 Å². The lowest BCUT2D eigenvalue weighted by Gasteiger charge is -2.33. The van der Waals surface area contributed by atoms with E-state index in [1.807, 2.05) is 37.3 Å². The first kappa shape index (κ1) is 17.8. The molecular formula is C19H23N5O2. The number of hydrogen-bond donors (Lipinski definition) is 0. The molecule has 3 rings (SSSR count). The van der Waals surface area contributed by atoms with E-state index in [0.29, 0.717) is 45.0 Å². The molecule has 0 saturated carbocycles. The van der Waals surface area contributed by atoms with Gasteiger partial charge in [-0.1, -0.05) is 30.3 Å². The number of benzene rings is 1. The maximum Gasteiger partial charge on any atom is 0.272 e. The summed E-state index contributed by atoms with van der Waals surface area (Å²) in [6.07, 6.45) is 2.31. The van der Waals surface area contributed by atoms with Gasteiger partial charge in [0.1, 0.15) is 17.8 Å². The zero-order chi connectivity index (χ0) is 18.4. The van der Waals surface area contributed by atoms with Crippen LogP contribution in [-0.2, 0) is 11.3 Å². The highest BCUT2D eigenvalue weighted by molar-refractivity contribution is 5.92. The third-order valence-corrected chi connectivity index (χ3v) is 4.54. The molecule has 1 aromatic heterocycles. The summed E-state index contributed by atoms with van der Waals surface area (Å²) in [5, 5.41) is 0. The molecule has 1 fully saturated rings. The maximum atomic E-state index is 12.9. The normalized spacial score (nSPS) is 14.2. The van der Waals surface area contributed by atoms with Crippen LogP contribution in [0.3, 0.4) is 0 Å². The van der Waals surface area contributed by atoms with Gasteiger partial charge in [-0.3, -0.25) is 9.59 Å². The molecule has 2 amide bonds. The van der Waals surface area contributed by atoms with Gasteiger partial charge < -0.3 is 14.7 Å². The van der Waals surface area contributed by atoms with Gasteiger partial charge in [0.25, 0.3) is 5.91 Å². The van der Waals surface area contributed by atoms with E-state index in [1.165, 1.54) is 6.33 Å². The molecule has 26 heavy (non-hydrogen) atoms. The molecule has 2 aromatic rings. The predicted octanol–water partition coefficient (Wildman–Crippen LogP) is 1.42. The van der Waals surface area contributed by atoms with Crippen molar-refractivity contribution in [2.75, 3.05) is 37.6 Å². The molecule has 7 heteroatoms. The van der Waals surface area contributed by atoms with Crippen LogP contribution in [0.25, 0.3) is 0 Å². The Morgan fingerprint density at radius 3 is 2.54 bits per heavy atom. The first-order chi connectivity index (χ1) is 12.7. The highest BCUT2D eigenvalue weighted by Gasteiger charge is 2.20. The predicted molar refractivity (Wildman–Crippen MR) is 98.7 cm³/mol. The van der Waals surface area contributed by atoms with Crippen molar-refractivity contribution in [2.45, 2.75) is 13.5 Å². The fraction of sp³-hybridized carbons (Fsp3) is 0.368. The Kier molecular flexibility index (Phi) is 5.78. The topological polar surface area (TPSA) is 69.6 Å². The highest BCUT2D eigenvalue weighted by Crippen LogP contribution is 2.15. The van der Waals surface area contributed by atoms with Crippen LogP contribution >= 0.6 is 0 Å². The Morgan fingerprint density at radius 1 is 1.15 bits per heavy atom. The van der Waals surface area contributed by atoms with Gasteiger partial charge in [0.15, 0.2) is 0 Å². The fourth-order valence-corrected chi connectivity index (χ4v) is 2.99. The van der Waals surface area contributed by atoms with Crippen molar-refractivity contribution < 1.29 is 9.59 Å². The minimum Gasteiger partial charge on any atom is -0.353 e. The average Bonchev–Trinajstić information content (AvgIpc) is 2.72. The van der Waals surface area contributed by atoms with E-state index >= 15 is 0 Å². The van der Waals surface area contributed by atoms with E-state index < -0.39 is 0 Å². The van der Waals surface area contributed by atoms with Crippen molar-refractivity contribution in [3.05, 3.63) is 54.0 Å². The monoisotopic (exact) mass is 353 g/mol. The number of aromatic nitrogens is 2. The summed E-state index contributed by atoms with van der Waals surface area (Å²) in [6, 6.07) is 11.7. The first-order valence-corrected chi connectivity index (χ1v) is 8.80. The van der Waals surface area contributed by atoms with Crippen LogP contribution in [0.5, 0.6) is 0 Å². The Hall–Kier alpha value is -2.96. The Labute approximate surface area is 153 Å². The van der Waals surface area contributed by atoms with Crippen LogP contribution in [0, 0.1) is 0 Å². The number of hydrogen-bond acceptors (Lipinski definition) is 5. The molecule has 0 spiro atoms. The van der Waals surface area contributed by atoms with Crippen LogP contribution in [0.2, 0.25) is 0 Å². The Balaban J connectivity index is 1.72. The van der Waals surface area contributed by atoms with Crippen molar-refractivity contribution in [2.24, 2.45) is 0 Å². The molecular weight excluding hydrogens is 330 g/mol. The second kappa shape index (κ2) is 8.42.